The SMILES string of the molecule is CCC1(C(=O)Nc2ccccc2OCC(C)C)CCNC1. The van der Waals surface area contributed by atoms with Crippen LogP contribution in [0.2, 0.25) is 0 Å². The number of hydrogen-bond acceptors (Lipinski definition) is 3. The molecule has 1 fully saturated rings. The lowest BCUT2D eigenvalue weighted by atomic mass is 9.83. The van der Waals surface area contributed by atoms with Crippen molar-refractivity contribution >= 4 is 11.6 Å². The fourth-order valence-corrected chi connectivity index (χ4v) is 2.61. The molecule has 0 bridgehead atoms. The topological polar surface area (TPSA) is 50.4 Å². The number of benzene rings is 1. The van der Waals surface area contributed by atoms with Gasteiger partial charge in [0.2, 0.25) is 5.91 Å². The molecular formula is C17H26N2O2. The molecule has 4 nitrogen and oxygen atoms in total. The Morgan fingerprint density at radius 3 is 2.81 bits per heavy atom. The zero-order valence-electron chi connectivity index (χ0n) is 13.2. The molecule has 21 heavy (non-hydrogen) atoms. The quantitative estimate of drug-likeness (QED) is 0.846. The zero-order valence-corrected chi connectivity index (χ0v) is 13.2. The number of hydrogen-bond donors (Lipinski definition) is 2. The molecule has 1 amide bonds. The zero-order chi connectivity index (χ0) is 15.3. The summed E-state index contributed by atoms with van der Waals surface area (Å²) in [6, 6.07) is 7.66. The maximum Gasteiger partial charge on any atom is 0.232 e. The first kappa shape index (κ1) is 15.8. The average molecular weight is 290 g/mol. The molecule has 1 atom stereocenters. The van der Waals surface area contributed by atoms with E-state index in [1.807, 2.05) is 24.3 Å². The molecule has 1 aromatic rings. The van der Waals surface area contributed by atoms with Gasteiger partial charge in [0.05, 0.1) is 17.7 Å². The molecule has 2 rings (SSSR count). The summed E-state index contributed by atoms with van der Waals surface area (Å²) in [5.41, 5.74) is 0.480. The lowest BCUT2D eigenvalue weighted by Gasteiger charge is -2.26. The van der Waals surface area contributed by atoms with Gasteiger partial charge < -0.3 is 15.4 Å². The highest BCUT2D eigenvalue weighted by Gasteiger charge is 2.39. The predicted molar refractivity (Wildman–Crippen MR) is 85.6 cm³/mol. The van der Waals surface area contributed by atoms with Crippen LogP contribution < -0.4 is 15.4 Å². The highest BCUT2D eigenvalue weighted by atomic mass is 16.5. The molecule has 0 radical (unpaired) electrons. The van der Waals surface area contributed by atoms with Crippen molar-refractivity contribution in [1.82, 2.24) is 5.32 Å². The molecule has 116 valence electrons. The van der Waals surface area contributed by atoms with E-state index in [4.69, 9.17) is 4.74 Å². The molecule has 1 aliphatic heterocycles. The lowest BCUT2D eigenvalue weighted by molar-refractivity contribution is -0.124. The van der Waals surface area contributed by atoms with Crippen molar-refractivity contribution in [2.24, 2.45) is 11.3 Å². The number of ether oxygens (including phenoxy) is 1. The maximum absolute atomic E-state index is 12.7. The molecule has 4 heteroatoms. The number of carbonyl (C=O) groups is 1. The molecule has 0 aromatic heterocycles. The van der Waals surface area contributed by atoms with E-state index in [2.05, 4.69) is 31.4 Å². The first-order valence-electron chi connectivity index (χ1n) is 7.81. The van der Waals surface area contributed by atoms with Crippen LogP contribution in [0.3, 0.4) is 0 Å². The van der Waals surface area contributed by atoms with Gasteiger partial charge in [0.1, 0.15) is 5.75 Å². The molecule has 1 aromatic carbocycles. The van der Waals surface area contributed by atoms with E-state index in [0.29, 0.717) is 12.5 Å². The van der Waals surface area contributed by atoms with Crippen molar-refractivity contribution in [3.05, 3.63) is 24.3 Å². The van der Waals surface area contributed by atoms with Gasteiger partial charge in [0, 0.05) is 6.54 Å². The minimum Gasteiger partial charge on any atom is -0.491 e. The van der Waals surface area contributed by atoms with E-state index < -0.39 is 0 Å². The Balaban J connectivity index is 2.10. The van der Waals surface area contributed by atoms with Gasteiger partial charge in [0.15, 0.2) is 0 Å². The summed E-state index contributed by atoms with van der Waals surface area (Å²) in [5, 5.41) is 6.36. The number of nitrogens with one attached hydrogen (secondary N) is 2. The molecule has 1 saturated heterocycles. The van der Waals surface area contributed by atoms with Crippen molar-refractivity contribution in [1.29, 1.82) is 0 Å². The Morgan fingerprint density at radius 1 is 1.43 bits per heavy atom. The Bertz CT molecular complexity index is 479. The molecule has 2 N–H and O–H groups in total. The second kappa shape index (κ2) is 6.94. The minimum absolute atomic E-state index is 0.0931. The number of amides is 1. The minimum atomic E-state index is -0.287. The summed E-state index contributed by atoms with van der Waals surface area (Å²) >= 11 is 0. The van der Waals surface area contributed by atoms with Crippen LogP contribution in [0.4, 0.5) is 5.69 Å². The first-order chi connectivity index (χ1) is 10.1. The smallest absolute Gasteiger partial charge is 0.232 e. The van der Waals surface area contributed by atoms with Gasteiger partial charge in [-0.05, 0) is 37.4 Å². The van der Waals surface area contributed by atoms with E-state index in [1.54, 1.807) is 0 Å². The molecule has 1 unspecified atom stereocenters. The number of rotatable bonds is 6. The summed E-state index contributed by atoms with van der Waals surface area (Å²) in [5.74, 6) is 1.29. The van der Waals surface area contributed by atoms with Gasteiger partial charge in [-0.15, -0.1) is 0 Å². The molecule has 1 aliphatic rings. The normalized spacial score (nSPS) is 21.5. The van der Waals surface area contributed by atoms with Crippen LogP contribution in [0.25, 0.3) is 0 Å². The summed E-state index contributed by atoms with van der Waals surface area (Å²) in [6.07, 6.45) is 1.74. The van der Waals surface area contributed by atoms with Crippen LogP contribution in [-0.2, 0) is 4.79 Å². The van der Waals surface area contributed by atoms with Crippen molar-refractivity contribution in [3.63, 3.8) is 0 Å². The monoisotopic (exact) mass is 290 g/mol. The second-order valence-electron chi connectivity index (χ2n) is 6.22. The fraction of sp³-hybridized carbons (Fsp3) is 0.588. The van der Waals surface area contributed by atoms with Crippen LogP contribution in [0.15, 0.2) is 24.3 Å². The van der Waals surface area contributed by atoms with E-state index >= 15 is 0 Å². The van der Waals surface area contributed by atoms with Crippen molar-refractivity contribution in [3.8, 4) is 5.75 Å². The largest absolute Gasteiger partial charge is 0.491 e. The molecule has 0 aliphatic carbocycles. The van der Waals surface area contributed by atoms with Crippen LogP contribution >= 0.6 is 0 Å². The molecule has 1 heterocycles. The van der Waals surface area contributed by atoms with Crippen LogP contribution in [0, 0.1) is 11.3 Å². The summed E-state index contributed by atoms with van der Waals surface area (Å²) < 4.78 is 5.80. The van der Waals surface area contributed by atoms with Crippen molar-refractivity contribution < 1.29 is 9.53 Å². The third kappa shape index (κ3) is 3.76. The standard InChI is InChI=1S/C17H26N2O2/c1-4-17(9-10-18-12-17)16(20)19-14-7-5-6-8-15(14)21-11-13(2)3/h5-8,13,18H,4,9-12H2,1-3H3,(H,19,20). The van der Waals surface area contributed by atoms with Crippen LogP contribution in [0.5, 0.6) is 5.75 Å². The highest BCUT2D eigenvalue weighted by molar-refractivity contribution is 5.96. The lowest BCUT2D eigenvalue weighted by Crippen LogP contribution is -2.37. The number of para-hydroxylation sites is 2. The molecule has 0 saturated carbocycles. The fourth-order valence-electron chi connectivity index (χ4n) is 2.61. The van der Waals surface area contributed by atoms with Gasteiger partial charge >= 0.3 is 0 Å². The average Bonchev–Trinajstić information content (AvgIpc) is 2.96. The first-order valence-corrected chi connectivity index (χ1v) is 7.81. The van der Waals surface area contributed by atoms with Crippen molar-refractivity contribution in [2.75, 3.05) is 25.0 Å². The van der Waals surface area contributed by atoms with Gasteiger partial charge in [0.25, 0.3) is 0 Å². The Hall–Kier alpha value is -1.55. The summed E-state index contributed by atoms with van der Waals surface area (Å²) in [7, 11) is 0. The van der Waals surface area contributed by atoms with E-state index in [1.165, 1.54) is 0 Å². The Kier molecular flexibility index (Phi) is 5.23. The predicted octanol–water partition coefficient (Wildman–Crippen LogP) is 3.05. The van der Waals surface area contributed by atoms with Gasteiger partial charge in [-0.3, -0.25) is 4.79 Å². The third-order valence-electron chi connectivity index (χ3n) is 4.11. The van der Waals surface area contributed by atoms with Gasteiger partial charge in [-0.2, -0.15) is 0 Å². The number of anilines is 1. The highest BCUT2D eigenvalue weighted by Crippen LogP contribution is 2.33. The Labute approximate surface area is 127 Å². The van der Waals surface area contributed by atoms with E-state index in [0.717, 1.165) is 37.4 Å². The maximum atomic E-state index is 12.7. The van der Waals surface area contributed by atoms with Crippen LogP contribution in [0.1, 0.15) is 33.6 Å². The van der Waals surface area contributed by atoms with Gasteiger partial charge in [-0.1, -0.05) is 32.9 Å². The van der Waals surface area contributed by atoms with Gasteiger partial charge in [-0.25, -0.2) is 0 Å². The van der Waals surface area contributed by atoms with E-state index in [9.17, 15) is 4.79 Å². The Morgan fingerprint density at radius 2 is 2.19 bits per heavy atom. The van der Waals surface area contributed by atoms with Crippen molar-refractivity contribution in [2.45, 2.75) is 33.6 Å². The summed E-state index contributed by atoms with van der Waals surface area (Å²) in [6.45, 7) is 8.60. The van der Waals surface area contributed by atoms with Crippen LogP contribution in [-0.4, -0.2) is 25.6 Å². The second-order valence-corrected chi connectivity index (χ2v) is 6.22. The summed E-state index contributed by atoms with van der Waals surface area (Å²) in [4.78, 5) is 12.7. The van der Waals surface area contributed by atoms with E-state index in [-0.39, 0.29) is 11.3 Å². The molecule has 0 spiro atoms. The number of carbonyl (C=O) groups excluding carboxylic acids is 1. The molecular weight excluding hydrogens is 264 g/mol. The third-order valence-corrected chi connectivity index (χ3v) is 4.11.